The van der Waals surface area contributed by atoms with Gasteiger partial charge in [-0.15, -0.1) is 0 Å². The van der Waals surface area contributed by atoms with E-state index in [2.05, 4.69) is 10.3 Å². The van der Waals surface area contributed by atoms with Crippen molar-refractivity contribution in [3.63, 3.8) is 0 Å². The molecular formula is C4H3N3O. The first-order valence-corrected chi connectivity index (χ1v) is 2.21. The van der Waals surface area contributed by atoms with Gasteiger partial charge in [-0.05, 0) is 0 Å². The van der Waals surface area contributed by atoms with E-state index >= 15 is 0 Å². The molecule has 2 aromatic heterocycles. The highest BCUT2D eigenvalue weighted by Gasteiger charge is 1.91. The summed E-state index contributed by atoms with van der Waals surface area (Å²) in [6, 6.07) is 1.74. The summed E-state index contributed by atoms with van der Waals surface area (Å²) in [5.74, 6) is 0. The third-order valence-electron chi connectivity index (χ3n) is 0.937. The second-order valence-electron chi connectivity index (χ2n) is 1.43. The van der Waals surface area contributed by atoms with Gasteiger partial charge in [0.05, 0.1) is 6.20 Å². The molecule has 4 heteroatoms. The monoisotopic (exact) mass is 109 g/mol. The van der Waals surface area contributed by atoms with Crippen molar-refractivity contribution in [1.82, 2.24) is 14.8 Å². The normalized spacial score (nSPS) is 10.5. The molecule has 0 spiro atoms. The van der Waals surface area contributed by atoms with Gasteiger partial charge >= 0.3 is 0 Å². The lowest BCUT2D eigenvalue weighted by Crippen LogP contribution is -1.75. The number of aromatic nitrogens is 3. The number of rotatable bonds is 0. The van der Waals surface area contributed by atoms with Crippen molar-refractivity contribution in [3.05, 3.63) is 18.6 Å². The van der Waals surface area contributed by atoms with Crippen LogP contribution in [0.5, 0.6) is 0 Å². The Bertz CT molecular complexity index is 233. The first kappa shape index (κ1) is 3.65. The van der Waals surface area contributed by atoms with E-state index in [1.54, 1.807) is 16.8 Å². The summed E-state index contributed by atoms with van der Waals surface area (Å²) in [4.78, 5) is 0. The first-order valence-electron chi connectivity index (χ1n) is 2.21. The number of fused-ring (bicyclic) bond motifs is 1. The molecule has 8 heavy (non-hydrogen) atoms. The van der Waals surface area contributed by atoms with Crippen molar-refractivity contribution in [2.24, 2.45) is 0 Å². The van der Waals surface area contributed by atoms with Gasteiger partial charge in [-0.2, -0.15) is 9.61 Å². The maximum Gasteiger partial charge on any atom is 0.253 e. The minimum Gasteiger partial charge on any atom is -0.335 e. The summed E-state index contributed by atoms with van der Waals surface area (Å²) in [5, 5.41) is 7.33. The summed E-state index contributed by atoms with van der Waals surface area (Å²) >= 11 is 0. The molecule has 40 valence electrons. The molecule has 2 rings (SSSR count). The summed E-state index contributed by atoms with van der Waals surface area (Å²) in [6.07, 6.45) is 3.16. The highest BCUT2D eigenvalue weighted by atomic mass is 16.5. The van der Waals surface area contributed by atoms with Crippen molar-refractivity contribution >= 4 is 5.71 Å². The summed E-state index contributed by atoms with van der Waals surface area (Å²) in [6.45, 7) is 0. The van der Waals surface area contributed by atoms with Crippen LogP contribution in [-0.2, 0) is 0 Å². The lowest BCUT2D eigenvalue weighted by atomic mass is 10.7. The van der Waals surface area contributed by atoms with Crippen LogP contribution in [0.4, 0.5) is 0 Å². The molecular weight excluding hydrogens is 106 g/mol. The Morgan fingerprint density at radius 1 is 1.62 bits per heavy atom. The summed E-state index contributed by atoms with van der Waals surface area (Å²) in [5.41, 5.74) is 0.671. The molecule has 2 aromatic rings. The number of nitrogens with zero attached hydrogens (tertiary/aromatic N) is 3. The summed E-state index contributed by atoms with van der Waals surface area (Å²) < 4.78 is 6.26. The molecule has 0 aliphatic carbocycles. The fraction of sp³-hybridized carbons (Fsp3) is 0. The third kappa shape index (κ3) is 0.294. The fourth-order valence-electron chi connectivity index (χ4n) is 0.583. The van der Waals surface area contributed by atoms with Crippen LogP contribution in [0.15, 0.2) is 23.1 Å². The molecule has 0 bridgehead atoms. The topological polar surface area (TPSA) is 43.3 Å². The highest BCUT2D eigenvalue weighted by molar-refractivity contribution is 5.28. The van der Waals surface area contributed by atoms with Gasteiger partial charge < -0.3 is 4.52 Å². The van der Waals surface area contributed by atoms with Gasteiger partial charge in [-0.25, -0.2) is 0 Å². The van der Waals surface area contributed by atoms with Crippen LogP contribution >= 0.6 is 0 Å². The van der Waals surface area contributed by atoms with Crippen LogP contribution in [0.25, 0.3) is 5.71 Å². The zero-order chi connectivity index (χ0) is 5.40. The first-order chi connectivity index (χ1) is 3.97. The van der Waals surface area contributed by atoms with Gasteiger partial charge in [0.1, 0.15) is 0 Å². The predicted molar refractivity (Wildman–Crippen MR) is 25.3 cm³/mol. The van der Waals surface area contributed by atoms with E-state index in [9.17, 15) is 0 Å². The molecule has 0 aromatic carbocycles. The van der Waals surface area contributed by atoms with Gasteiger partial charge in [-0.1, -0.05) is 5.16 Å². The zero-order valence-corrected chi connectivity index (χ0v) is 3.98. The van der Waals surface area contributed by atoms with Crippen LogP contribution in [0.1, 0.15) is 0 Å². The average molecular weight is 109 g/mol. The van der Waals surface area contributed by atoms with E-state index in [0.717, 1.165) is 0 Å². The Morgan fingerprint density at radius 3 is 3.50 bits per heavy atom. The molecule has 0 atom stereocenters. The van der Waals surface area contributed by atoms with E-state index in [0.29, 0.717) is 5.71 Å². The predicted octanol–water partition coefficient (Wildman–Crippen LogP) is 0.322. The van der Waals surface area contributed by atoms with Gasteiger partial charge in [0.15, 0.2) is 6.33 Å². The Labute approximate surface area is 44.7 Å². The Kier molecular flexibility index (Phi) is 0.498. The van der Waals surface area contributed by atoms with Crippen molar-refractivity contribution in [1.29, 1.82) is 0 Å². The second-order valence-corrected chi connectivity index (χ2v) is 1.43. The van der Waals surface area contributed by atoms with Gasteiger partial charge in [0.25, 0.3) is 5.71 Å². The van der Waals surface area contributed by atoms with E-state index < -0.39 is 0 Å². The van der Waals surface area contributed by atoms with Gasteiger partial charge in [0.2, 0.25) is 0 Å². The highest BCUT2D eigenvalue weighted by Crippen LogP contribution is 1.95. The summed E-state index contributed by atoms with van der Waals surface area (Å²) in [7, 11) is 0. The Morgan fingerprint density at radius 2 is 2.62 bits per heavy atom. The van der Waals surface area contributed by atoms with E-state index in [-0.39, 0.29) is 0 Å². The maximum absolute atomic E-state index is 4.71. The minimum absolute atomic E-state index is 0.671. The van der Waals surface area contributed by atoms with Crippen LogP contribution in [0, 0.1) is 0 Å². The lowest BCUT2D eigenvalue weighted by molar-refractivity contribution is 0.455. The van der Waals surface area contributed by atoms with Crippen LogP contribution in [0.2, 0.25) is 0 Å². The molecule has 0 saturated heterocycles. The van der Waals surface area contributed by atoms with Crippen molar-refractivity contribution < 1.29 is 4.52 Å². The maximum atomic E-state index is 4.71. The number of hydrogen-bond donors (Lipinski definition) is 0. The molecule has 0 aliphatic rings. The van der Waals surface area contributed by atoms with Crippen LogP contribution in [0.3, 0.4) is 0 Å². The SMILES string of the molecule is c1cc2oncn2n1. The molecule has 0 amide bonds. The smallest absolute Gasteiger partial charge is 0.253 e. The van der Waals surface area contributed by atoms with Crippen LogP contribution in [-0.4, -0.2) is 14.8 Å². The zero-order valence-electron chi connectivity index (χ0n) is 3.98. The molecule has 0 aliphatic heterocycles. The van der Waals surface area contributed by atoms with Gasteiger partial charge in [0, 0.05) is 6.07 Å². The molecule has 4 nitrogen and oxygen atoms in total. The average Bonchev–Trinajstić information content (AvgIpc) is 2.15. The molecule has 0 unspecified atom stereocenters. The van der Waals surface area contributed by atoms with Crippen molar-refractivity contribution in [2.75, 3.05) is 0 Å². The second kappa shape index (κ2) is 1.09. The minimum atomic E-state index is 0.671. The van der Waals surface area contributed by atoms with Crippen LogP contribution < -0.4 is 0 Å². The quantitative estimate of drug-likeness (QED) is 0.489. The molecule has 2 heterocycles. The molecule has 0 N–H and O–H groups in total. The fourth-order valence-corrected chi connectivity index (χ4v) is 0.583. The van der Waals surface area contributed by atoms with E-state index in [1.807, 2.05) is 0 Å². The number of hydrogen-bond acceptors (Lipinski definition) is 3. The molecule has 0 radical (unpaired) electrons. The molecule has 0 saturated carbocycles. The van der Waals surface area contributed by atoms with Gasteiger partial charge in [-0.3, -0.25) is 0 Å². The lowest BCUT2D eigenvalue weighted by Gasteiger charge is -1.67. The Balaban J connectivity index is 3.06. The molecule has 0 fully saturated rings. The van der Waals surface area contributed by atoms with E-state index in [1.165, 1.54) is 6.33 Å². The van der Waals surface area contributed by atoms with E-state index in [4.69, 9.17) is 4.52 Å². The van der Waals surface area contributed by atoms with Crippen molar-refractivity contribution in [2.45, 2.75) is 0 Å². The standard InChI is InChI=1S/C4H3N3O/c1-2-5-7-3-6-8-4(1)7/h1-3H. The van der Waals surface area contributed by atoms with Crippen molar-refractivity contribution in [3.8, 4) is 0 Å². The largest absolute Gasteiger partial charge is 0.335 e. The Hall–Kier alpha value is -1.32. The third-order valence-corrected chi connectivity index (χ3v) is 0.937.